The SMILES string of the molecule is c1cc(-c2c3ccccc3c(-c3ccc4ccccc4c3)c3ccccc23)cc(-c2cc3c4ccccc4oc3c3ccccc23)c1. The Morgan fingerprint density at radius 3 is 1.53 bits per heavy atom. The van der Waals surface area contributed by atoms with Gasteiger partial charge in [-0.25, -0.2) is 0 Å². The highest BCUT2D eigenvalue weighted by molar-refractivity contribution is 6.22. The summed E-state index contributed by atoms with van der Waals surface area (Å²) in [6.45, 7) is 0. The normalized spacial score (nSPS) is 11.8. The average molecular weight is 597 g/mol. The lowest BCUT2D eigenvalue weighted by Gasteiger charge is -2.18. The highest BCUT2D eigenvalue weighted by Crippen LogP contribution is 2.46. The van der Waals surface area contributed by atoms with Crippen LogP contribution >= 0.6 is 0 Å². The van der Waals surface area contributed by atoms with E-state index in [-0.39, 0.29) is 0 Å². The van der Waals surface area contributed by atoms with Crippen LogP contribution in [-0.2, 0) is 0 Å². The minimum absolute atomic E-state index is 0.919. The Kier molecular flexibility index (Phi) is 5.64. The quantitative estimate of drug-likeness (QED) is 0.185. The summed E-state index contributed by atoms with van der Waals surface area (Å²) in [5.41, 5.74) is 9.27. The lowest BCUT2D eigenvalue weighted by Crippen LogP contribution is -1.91. The summed E-state index contributed by atoms with van der Waals surface area (Å²) in [7, 11) is 0. The summed E-state index contributed by atoms with van der Waals surface area (Å²) in [6.07, 6.45) is 0. The first kappa shape index (κ1) is 26.1. The van der Waals surface area contributed by atoms with E-state index in [1.54, 1.807) is 0 Å². The van der Waals surface area contributed by atoms with Gasteiger partial charge in [0.25, 0.3) is 0 Å². The minimum atomic E-state index is 0.919. The molecule has 0 radical (unpaired) electrons. The summed E-state index contributed by atoms with van der Waals surface area (Å²) in [4.78, 5) is 0. The Morgan fingerprint density at radius 1 is 0.298 bits per heavy atom. The molecule has 0 saturated heterocycles. The van der Waals surface area contributed by atoms with Gasteiger partial charge in [-0.15, -0.1) is 0 Å². The van der Waals surface area contributed by atoms with Crippen molar-refractivity contribution >= 4 is 65.0 Å². The van der Waals surface area contributed by atoms with E-state index in [4.69, 9.17) is 4.42 Å². The van der Waals surface area contributed by atoms with E-state index in [1.165, 1.54) is 71.1 Å². The Labute approximate surface area is 271 Å². The summed E-state index contributed by atoms with van der Waals surface area (Å²) in [5, 5.41) is 12.2. The molecule has 1 heteroatoms. The Bertz CT molecular complexity index is 2800. The van der Waals surface area contributed by atoms with E-state index in [9.17, 15) is 0 Å². The topological polar surface area (TPSA) is 13.1 Å². The molecular weight excluding hydrogens is 569 g/mol. The van der Waals surface area contributed by atoms with Crippen LogP contribution in [0.25, 0.3) is 98.4 Å². The van der Waals surface area contributed by atoms with Crippen LogP contribution in [0.15, 0.2) is 174 Å². The van der Waals surface area contributed by atoms with Crippen molar-refractivity contribution in [1.82, 2.24) is 0 Å². The van der Waals surface area contributed by atoms with Crippen molar-refractivity contribution in [3.63, 3.8) is 0 Å². The lowest BCUT2D eigenvalue weighted by molar-refractivity contribution is 0.672. The average Bonchev–Trinajstić information content (AvgIpc) is 3.52. The summed E-state index contributed by atoms with van der Waals surface area (Å²) in [5.74, 6) is 0. The largest absolute Gasteiger partial charge is 0.455 e. The molecule has 0 N–H and O–H groups in total. The molecule has 0 aliphatic rings. The second-order valence-corrected chi connectivity index (χ2v) is 12.4. The summed E-state index contributed by atoms with van der Waals surface area (Å²) >= 11 is 0. The number of furan rings is 1. The predicted octanol–water partition coefficient (Wildman–Crippen LogP) is 13.2. The van der Waals surface area contributed by atoms with Crippen LogP contribution in [0.3, 0.4) is 0 Å². The number of benzene rings is 9. The number of para-hydroxylation sites is 1. The molecule has 10 rings (SSSR count). The molecule has 0 unspecified atom stereocenters. The van der Waals surface area contributed by atoms with Crippen molar-refractivity contribution < 1.29 is 4.42 Å². The fraction of sp³-hybridized carbons (Fsp3) is 0. The zero-order valence-corrected chi connectivity index (χ0v) is 25.6. The minimum Gasteiger partial charge on any atom is -0.455 e. The van der Waals surface area contributed by atoms with E-state index in [1.807, 2.05) is 6.07 Å². The van der Waals surface area contributed by atoms with Gasteiger partial charge in [-0.05, 0) is 95.3 Å². The van der Waals surface area contributed by atoms with Crippen LogP contribution in [0.4, 0.5) is 0 Å². The van der Waals surface area contributed by atoms with Gasteiger partial charge in [0.1, 0.15) is 11.2 Å². The molecule has 10 aromatic rings. The van der Waals surface area contributed by atoms with E-state index in [0.717, 1.165) is 27.3 Å². The third-order valence-corrected chi connectivity index (χ3v) is 9.82. The molecule has 0 aliphatic carbocycles. The first-order valence-electron chi connectivity index (χ1n) is 16.2. The van der Waals surface area contributed by atoms with Gasteiger partial charge in [0.15, 0.2) is 0 Å². The molecule has 0 aliphatic heterocycles. The van der Waals surface area contributed by atoms with Crippen LogP contribution in [0.2, 0.25) is 0 Å². The van der Waals surface area contributed by atoms with Gasteiger partial charge >= 0.3 is 0 Å². The van der Waals surface area contributed by atoms with Gasteiger partial charge in [0.2, 0.25) is 0 Å². The zero-order valence-electron chi connectivity index (χ0n) is 25.6. The second-order valence-electron chi connectivity index (χ2n) is 12.4. The van der Waals surface area contributed by atoms with Crippen LogP contribution in [0.5, 0.6) is 0 Å². The molecule has 1 aromatic heterocycles. The molecule has 0 saturated carbocycles. The highest BCUT2D eigenvalue weighted by Gasteiger charge is 2.19. The Balaban J connectivity index is 1.25. The fourth-order valence-corrected chi connectivity index (χ4v) is 7.72. The number of hydrogen-bond donors (Lipinski definition) is 0. The second kappa shape index (κ2) is 10.2. The molecule has 0 fully saturated rings. The molecule has 1 nitrogen and oxygen atoms in total. The number of fused-ring (bicyclic) bond motifs is 8. The number of hydrogen-bond acceptors (Lipinski definition) is 1. The summed E-state index contributed by atoms with van der Waals surface area (Å²) in [6, 6.07) is 61.6. The van der Waals surface area contributed by atoms with Crippen molar-refractivity contribution in [1.29, 1.82) is 0 Å². The van der Waals surface area contributed by atoms with Gasteiger partial charge < -0.3 is 4.42 Å². The van der Waals surface area contributed by atoms with Gasteiger partial charge in [0.05, 0.1) is 0 Å². The van der Waals surface area contributed by atoms with Crippen LogP contribution < -0.4 is 0 Å². The lowest BCUT2D eigenvalue weighted by atomic mass is 9.85. The fourth-order valence-electron chi connectivity index (χ4n) is 7.72. The molecule has 1 heterocycles. The third kappa shape index (κ3) is 3.97. The van der Waals surface area contributed by atoms with Crippen molar-refractivity contribution in [2.45, 2.75) is 0 Å². The van der Waals surface area contributed by atoms with Gasteiger partial charge in [-0.3, -0.25) is 0 Å². The maximum Gasteiger partial charge on any atom is 0.143 e. The molecule has 0 bridgehead atoms. The van der Waals surface area contributed by atoms with Crippen molar-refractivity contribution in [3.8, 4) is 33.4 Å². The molecule has 0 amide bonds. The summed E-state index contributed by atoms with van der Waals surface area (Å²) < 4.78 is 6.42. The number of rotatable bonds is 3. The van der Waals surface area contributed by atoms with Gasteiger partial charge in [0, 0.05) is 16.2 Å². The van der Waals surface area contributed by atoms with Crippen LogP contribution in [0, 0.1) is 0 Å². The molecule has 218 valence electrons. The Morgan fingerprint density at radius 2 is 0.830 bits per heavy atom. The van der Waals surface area contributed by atoms with Crippen molar-refractivity contribution in [2.24, 2.45) is 0 Å². The van der Waals surface area contributed by atoms with Gasteiger partial charge in [-0.1, -0.05) is 146 Å². The van der Waals surface area contributed by atoms with E-state index in [0.29, 0.717) is 0 Å². The molecule has 47 heavy (non-hydrogen) atoms. The monoisotopic (exact) mass is 596 g/mol. The van der Waals surface area contributed by atoms with E-state index >= 15 is 0 Å². The maximum atomic E-state index is 6.42. The highest BCUT2D eigenvalue weighted by atomic mass is 16.3. The van der Waals surface area contributed by atoms with Crippen molar-refractivity contribution in [3.05, 3.63) is 170 Å². The van der Waals surface area contributed by atoms with E-state index in [2.05, 4.69) is 164 Å². The maximum absolute atomic E-state index is 6.42. The zero-order chi connectivity index (χ0) is 30.9. The molecule has 0 spiro atoms. The Hall–Kier alpha value is -6.18. The smallest absolute Gasteiger partial charge is 0.143 e. The van der Waals surface area contributed by atoms with Crippen LogP contribution in [0.1, 0.15) is 0 Å². The first-order chi connectivity index (χ1) is 23.3. The predicted molar refractivity (Wildman–Crippen MR) is 200 cm³/mol. The molecule has 0 atom stereocenters. The standard InChI is InChI=1S/C46H28O/c1-2-13-30-26-33(25-24-29(30)12-1)45-38-20-6-4-18-36(38)44(37-19-5-7-21-39(37)45)32-15-11-14-31(27-32)41-28-42-35-17-9-10-23-43(35)47-46(42)40-22-8-3-16-34(40)41/h1-28H. The van der Waals surface area contributed by atoms with Crippen LogP contribution in [-0.4, -0.2) is 0 Å². The third-order valence-electron chi connectivity index (χ3n) is 9.82. The van der Waals surface area contributed by atoms with Crippen molar-refractivity contribution in [2.75, 3.05) is 0 Å². The molecule has 9 aromatic carbocycles. The van der Waals surface area contributed by atoms with Gasteiger partial charge in [-0.2, -0.15) is 0 Å². The molecular formula is C46H28O. The van der Waals surface area contributed by atoms with E-state index < -0.39 is 0 Å². The first-order valence-corrected chi connectivity index (χ1v) is 16.2.